The number of benzene rings is 2. The van der Waals surface area contributed by atoms with Crippen LogP contribution in [0.1, 0.15) is 5.56 Å². The molecule has 0 aliphatic rings. The van der Waals surface area contributed by atoms with Crippen LogP contribution in [0.25, 0.3) is 0 Å². The molecule has 5 heteroatoms. The predicted octanol–water partition coefficient (Wildman–Crippen LogP) is 4.36. The van der Waals surface area contributed by atoms with Crippen molar-refractivity contribution in [2.45, 2.75) is 6.92 Å². The lowest BCUT2D eigenvalue weighted by atomic mass is 10.1. The zero-order valence-corrected chi connectivity index (χ0v) is 11.2. The maximum absolute atomic E-state index is 13.6. The first-order valence-electron chi connectivity index (χ1n) is 5.25. The number of para-hydroxylation sites is 1. The van der Waals surface area contributed by atoms with Crippen LogP contribution in [0.4, 0.5) is 25.8 Å². The number of hydrogen-bond donors (Lipinski definition) is 2. The Morgan fingerprint density at radius 2 is 1.83 bits per heavy atom. The largest absolute Gasteiger partial charge is 0.397 e. The Bertz CT molecular complexity index is 600. The van der Waals surface area contributed by atoms with Crippen molar-refractivity contribution in [3.8, 4) is 0 Å². The lowest BCUT2D eigenvalue weighted by Gasteiger charge is -2.12. The van der Waals surface area contributed by atoms with Crippen LogP contribution in [0.15, 0.2) is 34.8 Å². The molecular formula is C13H11BrF2N2. The zero-order chi connectivity index (χ0) is 13.3. The number of nitrogen functional groups attached to an aromatic ring is 1. The molecule has 0 spiro atoms. The number of hydrogen-bond acceptors (Lipinski definition) is 2. The lowest BCUT2D eigenvalue weighted by Crippen LogP contribution is -2.00. The van der Waals surface area contributed by atoms with Crippen LogP contribution in [0.2, 0.25) is 0 Å². The Labute approximate surface area is 112 Å². The fourth-order valence-corrected chi connectivity index (χ4v) is 1.90. The van der Waals surface area contributed by atoms with E-state index in [9.17, 15) is 8.78 Å². The van der Waals surface area contributed by atoms with Crippen LogP contribution in [0, 0.1) is 18.6 Å². The molecule has 3 N–H and O–H groups in total. The third kappa shape index (κ3) is 2.46. The summed E-state index contributed by atoms with van der Waals surface area (Å²) in [4.78, 5) is 0. The summed E-state index contributed by atoms with van der Waals surface area (Å²) in [5, 5.41) is 2.85. The van der Waals surface area contributed by atoms with Crippen molar-refractivity contribution in [1.29, 1.82) is 0 Å². The Morgan fingerprint density at radius 1 is 1.11 bits per heavy atom. The molecule has 0 amide bonds. The molecule has 0 aliphatic heterocycles. The first-order valence-corrected chi connectivity index (χ1v) is 6.05. The molecule has 0 unspecified atom stereocenters. The van der Waals surface area contributed by atoms with E-state index >= 15 is 0 Å². The summed E-state index contributed by atoms with van der Waals surface area (Å²) >= 11 is 3.01. The normalized spacial score (nSPS) is 10.4. The average molecular weight is 313 g/mol. The summed E-state index contributed by atoms with van der Waals surface area (Å²) in [5.74, 6) is -1.31. The molecule has 0 fully saturated rings. The number of aryl methyl sites for hydroxylation is 1. The molecule has 0 atom stereocenters. The van der Waals surface area contributed by atoms with Crippen LogP contribution in [-0.4, -0.2) is 0 Å². The lowest BCUT2D eigenvalue weighted by molar-refractivity contribution is 0.581. The van der Waals surface area contributed by atoms with Crippen molar-refractivity contribution in [2.75, 3.05) is 11.1 Å². The second-order valence-corrected chi connectivity index (χ2v) is 4.76. The number of rotatable bonds is 2. The number of halogens is 3. The summed E-state index contributed by atoms with van der Waals surface area (Å²) in [5.41, 5.74) is 8.06. The van der Waals surface area contributed by atoms with Gasteiger partial charge in [-0.2, -0.15) is 0 Å². The number of nitrogens with two attached hydrogens (primary N) is 1. The monoisotopic (exact) mass is 312 g/mol. The number of nitrogens with one attached hydrogen (secondary N) is 1. The maximum atomic E-state index is 13.6. The van der Waals surface area contributed by atoms with Gasteiger partial charge >= 0.3 is 0 Å². The van der Waals surface area contributed by atoms with Gasteiger partial charge in [0, 0.05) is 6.07 Å². The molecule has 2 nitrogen and oxygen atoms in total. The van der Waals surface area contributed by atoms with Gasteiger partial charge in [0.1, 0.15) is 11.6 Å². The minimum absolute atomic E-state index is 0.167. The highest BCUT2D eigenvalue weighted by Gasteiger charge is 2.10. The molecule has 2 aromatic carbocycles. The van der Waals surface area contributed by atoms with E-state index in [1.807, 2.05) is 19.1 Å². The van der Waals surface area contributed by atoms with Crippen molar-refractivity contribution >= 4 is 33.0 Å². The van der Waals surface area contributed by atoms with Crippen molar-refractivity contribution in [3.63, 3.8) is 0 Å². The topological polar surface area (TPSA) is 38.0 Å². The van der Waals surface area contributed by atoms with E-state index in [-0.39, 0.29) is 10.2 Å². The van der Waals surface area contributed by atoms with E-state index in [4.69, 9.17) is 5.73 Å². The van der Waals surface area contributed by atoms with E-state index in [0.717, 1.165) is 11.6 Å². The van der Waals surface area contributed by atoms with Crippen molar-refractivity contribution in [1.82, 2.24) is 0 Å². The zero-order valence-electron chi connectivity index (χ0n) is 9.60. The quantitative estimate of drug-likeness (QED) is 0.638. The van der Waals surface area contributed by atoms with Crippen LogP contribution in [0.3, 0.4) is 0 Å². The Balaban J connectivity index is 2.40. The minimum atomic E-state index is -0.670. The standard InChI is InChI=1S/C13H11BrF2N2/c1-7-3-2-4-11(13(7)17)18-12-5-8(14)9(15)6-10(12)16/h2-6,18H,17H2,1H3. The SMILES string of the molecule is Cc1cccc(Nc2cc(Br)c(F)cc2F)c1N. The highest BCUT2D eigenvalue weighted by Crippen LogP contribution is 2.30. The molecule has 2 aromatic rings. The summed E-state index contributed by atoms with van der Waals surface area (Å²) in [6.07, 6.45) is 0. The fraction of sp³-hybridized carbons (Fsp3) is 0.0769. The van der Waals surface area contributed by atoms with E-state index in [1.165, 1.54) is 6.07 Å². The molecule has 0 aromatic heterocycles. The molecule has 18 heavy (non-hydrogen) atoms. The van der Waals surface area contributed by atoms with Gasteiger partial charge < -0.3 is 11.1 Å². The van der Waals surface area contributed by atoms with Gasteiger partial charge in [-0.15, -0.1) is 0 Å². The Hall–Kier alpha value is -1.62. The van der Waals surface area contributed by atoms with Gasteiger partial charge in [-0.25, -0.2) is 8.78 Å². The first kappa shape index (κ1) is 12.8. The van der Waals surface area contributed by atoms with E-state index in [0.29, 0.717) is 11.4 Å². The second kappa shape index (κ2) is 4.94. The highest BCUT2D eigenvalue weighted by molar-refractivity contribution is 9.10. The predicted molar refractivity (Wildman–Crippen MR) is 72.9 cm³/mol. The summed E-state index contributed by atoms with van der Waals surface area (Å²) < 4.78 is 26.9. The fourth-order valence-electron chi connectivity index (χ4n) is 1.55. The molecule has 0 heterocycles. The van der Waals surface area contributed by atoms with Gasteiger partial charge in [-0.05, 0) is 40.5 Å². The molecule has 2 rings (SSSR count). The molecule has 0 saturated carbocycles. The van der Waals surface area contributed by atoms with E-state index < -0.39 is 11.6 Å². The minimum Gasteiger partial charge on any atom is -0.397 e. The van der Waals surface area contributed by atoms with Gasteiger partial charge in [0.25, 0.3) is 0 Å². The molecule has 94 valence electrons. The van der Waals surface area contributed by atoms with Crippen LogP contribution < -0.4 is 11.1 Å². The summed E-state index contributed by atoms with van der Waals surface area (Å²) in [6, 6.07) is 7.56. The van der Waals surface area contributed by atoms with Crippen LogP contribution in [0.5, 0.6) is 0 Å². The average Bonchev–Trinajstić information content (AvgIpc) is 2.32. The molecular weight excluding hydrogens is 302 g/mol. The smallest absolute Gasteiger partial charge is 0.149 e. The van der Waals surface area contributed by atoms with E-state index in [2.05, 4.69) is 21.2 Å². The van der Waals surface area contributed by atoms with Crippen LogP contribution >= 0.6 is 15.9 Å². The van der Waals surface area contributed by atoms with Crippen molar-refractivity contribution in [2.24, 2.45) is 0 Å². The van der Waals surface area contributed by atoms with Crippen LogP contribution in [-0.2, 0) is 0 Å². The third-order valence-electron chi connectivity index (χ3n) is 2.60. The van der Waals surface area contributed by atoms with Gasteiger partial charge in [0.15, 0.2) is 0 Å². The van der Waals surface area contributed by atoms with Crippen molar-refractivity contribution < 1.29 is 8.78 Å². The van der Waals surface area contributed by atoms with Gasteiger partial charge in [-0.1, -0.05) is 12.1 Å². The third-order valence-corrected chi connectivity index (χ3v) is 3.21. The number of anilines is 3. The van der Waals surface area contributed by atoms with Crippen molar-refractivity contribution in [3.05, 3.63) is 52.0 Å². The van der Waals surface area contributed by atoms with Gasteiger partial charge in [0.2, 0.25) is 0 Å². The molecule has 0 saturated heterocycles. The summed E-state index contributed by atoms with van der Waals surface area (Å²) in [7, 11) is 0. The Morgan fingerprint density at radius 3 is 2.56 bits per heavy atom. The Kier molecular flexibility index (Phi) is 3.52. The molecule has 0 bridgehead atoms. The molecule has 0 aliphatic carbocycles. The van der Waals surface area contributed by atoms with E-state index in [1.54, 1.807) is 6.07 Å². The van der Waals surface area contributed by atoms with Gasteiger partial charge in [0.05, 0.1) is 21.5 Å². The van der Waals surface area contributed by atoms with Gasteiger partial charge in [-0.3, -0.25) is 0 Å². The highest BCUT2D eigenvalue weighted by atomic mass is 79.9. The summed E-state index contributed by atoms with van der Waals surface area (Å²) in [6.45, 7) is 1.86. The second-order valence-electron chi connectivity index (χ2n) is 3.91. The molecule has 0 radical (unpaired) electrons. The maximum Gasteiger partial charge on any atom is 0.149 e. The first-order chi connectivity index (χ1) is 8.49.